The van der Waals surface area contributed by atoms with Crippen LogP contribution in [0.25, 0.3) is 6.08 Å². The van der Waals surface area contributed by atoms with Crippen LogP contribution in [0.4, 0.5) is 0 Å². The van der Waals surface area contributed by atoms with Gasteiger partial charge in [0.2, 0.25) is 5.91 Å². The van der Waals surface area contributed by atoms with E-state index in [0.29, 0.717) is 58.0 Å². The molecule has 0 saturated carbocycles. The van der Waals surface area contributed by atoms with Gasteiger partial charge in [0.25, 0.3) is 5.91 Å². The van der Waals surface area contributed by atoms with E-state index in [-0.39, 0.29) is 24.0 Å². The van der Waals surface area contributed by atoms with E-state index in [0.717, 1.165) is 10.9 Å². The van der Waals surface area contributed by atoms with Crippen molar-refractivity contribution < 1.29 is 24.6 Å². The van der Waals surface area contributed by atoms with Crippen molar-refractivity contribution >= 4 is 84.0 Å². The van der Waals surface area contributed by atoms with Crippen LogP contribution in [0.15, 0.2) is 26.0 Å². The van der Waals surface area contributed by atoms with Gasteiger partial charge < -0.3 is 15.5 Å². The fraction of sp³-hybridized carbons (Fsp3) is 0.400. The maximum atomic E-state index is 12.7. The summed E-state index contributed by atoms with van der Waals surface area (Å²) in [6, 6.07) is 3.44. The molecular weight excluding hydrogens is 572 g/mol. The highest BCUT2D eigenvalue weighted by Gasteiger charge is 2.31. The predicted octanol–water partition coefficient (Wildman–Crippen LogP) is 4.66. The highest BCUT2D eigenvalue weighted by molar-refractivity contribution is 9.11. The maximum absolute atomic E-state index is 12.7. The number of unbranched alkanes of at least 4 members (excludes halogenated alkanes) is 2. The van der Waals surface area contributed by atoms with Gasteiger partial charge in [0, 0.05) is 36.0 Å². The van der Waals surface area contributed by atoms with Gasteiger partial charge in [-0.05, 0) is 53.4 Å². The van der Waals surface area contributed by atoms with Crippen LogP contribution in [0.5, 0.6) is 5.75 Å². The Morgan fingerprint density at radius 3 is 2.61 bits per heavy atom. The number of thioether (sulfide) groups is 1. The van der Waals surface area contributed by atoms with Crippen molar-refractivity contribution in [2.75, 3.05) is 13.1 Å². The largest absolute Gasteiger partial charge is 0.506 e. The van der Waals surface area contributed by atoms with Crippen LogP contribution < -0.4 is 5.32 Å². The third kappa shape index (κ3) is 8.21. The number of hydrogen-bond donors (Lipinski definition) is 3. The van der Waals surface area contributed by atoms with Gasteiger partial charge in [-0.15, -0.1) is 0 Å². The van der Waals surface area contributed by atoms with Gasteiger partial charge in [0.15, 0.2) is 0 Å². The number of rotatable bonds is 11. The third-order valence-corrected chi connectivity index (χ3v) is 6.83. The average Bonchev–Trinajstić information content (AvgIpc) is 2.95. The van der Waals surface area contributed by atoms with Crippen molar-refractivity contribution in [1.82, 2.24) is 10.2 Å². The number of carboxylic acid groups (broad SMARTS) is 1. The first-order valence-electron chi connectivity index (χ1n) is 9.61. The van der Waals surface area contributed by atoms with Gasteiger partial charge in [-0.2, -0.15) is 0 Å². The fourth-order valence-electron chi connectivity index (χ4n) is 2.82. The number of carbonyl (C=O) groups is 3. The van der Waals surface area contributed by atoms with E-state index in [1.165, 1.54) is 11.8 Å². The second-order valence-corrected chi connectivity index (χ2v) is 10.3. The number of phenolic OH excluding ortho intramolecular Hbond substituents is 1. The Morgan fingerprint density at radius 2 is 1.90 bits per heavy atom. The number of hydrogen-bond acceptors (Lipinski definition) is 6. The summed E-state index contributed by atoms with van der Waals surface area (Å²) in [5.41, 5.74) is 0.510. The molecule has 7 nitrogen and oxygen atoms in total. The second kappa shape index (κ2) is 12.6. The normalized spacial score (nSPS) is 15.0. The number of halogens is 2. The lowest BCUT2D eigenvalue weighted by atomic mass is 10.1. The molecule has 1 fully saturated rings. The SMILES string of the molecule is O=C(O)CCCNC(=O)CCCCCN1C(=O)/C(=C/c2cc(Br)cc(Br)c2O)SC1=S. The monoisotopic (exact) mass is 592 g/mol. The molecule has 168 valence electrons. The molecule has 0 aromatic heterocycles. The zero-order valence-corrected chi connectivity index (χ0v) is 21.3. The third-order valence-electron chi connectivity index (χ3n) is 4.39. The number of thiocarbonyl (C=S) groups is 1. The highest BCUT2D eigenvalue weighted by Crippen LogP contribution is 2.37. The number of carbonyl (C=O) groups excluding carboxylic acids is 2. The Balaban J connectivity index is 1.77. The van der Waals surface area contributed by atoms with Crippen LogP contribution in [0.1, 0.15) is 44.1 Å². The molecule has 0 spiro atoms. The molecule has 1 heterocycles. The van der Waals surface area contributed by atoms with Gasteiger partial charge >= 0.3 is 5.97 Å². The number of aliphatic carboxylic acids is 1. The van der Waals surface area contributed by atoms with Crippen LogP contribution in [0.2, 0.25) is 0 Å². The summed E-state index contributed by atoms with van der Waals surface area (Å²) < 4.78 is 1.76. The van der Waals surface area contributed by atoms with E-state index in [4.69, 9.17) is 17.3 Å². The first kappa shape index (κ1) is 25.8. The lowest BCUT2D eigenvalue weighted by Gasteiger charge is -2.14. The van der Waals surface area contributed by atoms with Crippen molar-refractivity contribution in [2.24, 2.45) is 0 Å². The van der Waals surface area contributed by atoms with Gasteiger partial charge in [0.05, 0.1) is 9.38 Å². The van der Waals surface area contributed by atoms with Crippen LogP contribution in [-0.2, 0) is 14.4 Å². The van der Waals surface area contributed by atoms with Crippen LogP contribution in [0, 0.1) is 0 Å². The number of amides is 2. The lowest BCUT2D eigenvalue weighted by Crippen LogP contribution is -2.29. The molecular formula is C20H22Br2N2O5S2. The number of nitrogens with zero attached hydrogens (tertiary/aromatic N) is 1. The molecule has 0 unspecified atom stereocenters. The van der Waals surface area contributed by atoms with E-state index in [1.807, 2.05) is 0 Å². The molecule has 3 N–H and O–H groups in total. The first-order chi connectivity index (χ1) is 14.7. The maximum Gasteiger partial charge on any atom is 0.303 e. The minimum atomic E-state index is -0.874. The fourth-order valence-corrected chi connectivity index (χ4v) is 5.38. The van der Waals surface area contributed by atoms with Crippen molar-refractivity contribution in [1.29, 1.82) is 0 Å². The van der Waals surface area contributed by atoms with Gasteiger partial charge in [-0.25, -0.2) is 0 Å². The molecule has 0 bridgehead atoms. The van der Waals surface area contributed by atoms with Crippen molar-refractivity contribution in [3.8, 4) is 5.75 Å². The number of benzene rings is 1. The van der Waals surface area contributed by atoms with Gasteiger partial charge in [0.1, 0.15) is 10.1 Å². The minimum Gasteiger partial charge on any atom is -0.506 e. The molecule has 2 rings (SSSR count). The Kier molecular flexibility index (Phi) is 10.5. The zero-order valence-electron chi connectivity index (χ0n) is 16.5. The van der Waals surface area contributed by atoms with Crippen LogP contribution in [-0.4, -0.2) is 50.3 Å². The Hall–Kier alpha value is -1.43. The van der Waals surface area contributed by atoms with E-state index in [1.54, 1.807) is 23.1 Å². The summed E-state index contributed by atoms with van der Waals surface area (Å²) in [6.45, 7) is 0.828. The summed E-state index contributed by atoms with van der Waals surface area (Å²) in [4.78, 5) is 36.8. The van der Waals surface area contributed by atoms with Crippen LogP contribution in [0.3, 0.4) is 0 Å². The molecule has 1 saturated heterocycles. The lowest BCUT2D eigenvalue weighted by molar-refractivity contribution is -0.137. The predicted molar refractivity (Wildman–Crippen MR) is 132 cm³/mol. The Labute approximate surface area is 206 Å². The van der Waals surface area contributed by atoms with Crippen molar-refractivity contribution in [2.45, 2.75) is 38.5 Å². The minimum absolute atomic E-state index is 0.0386. The number of aromatic hydroxyl groups is 1. The average molecular weight is 594 g/mol. The summed E-state index contributed by atoms with van der Waals surface area (Å²) in [7, 11) is 0. The molecule has 2 amide bonds. The van der Waals surface area contributed by atoms with E-state index in [2.05, 4.69) is 37.2 Å². The highest BCUT2D eigenvalue weighted by atomic mass is 79.9. The first-order valence-corrected chi connectivity index (χ1v) is 12.4. The number of carboxylic acids is 1. The molecule has 0 atom stereocenters. The molecule has 0 aliphatic carbocycles. The molecule has 1 aromatic rings. The molecule has 1 aromatic carbocycles. The topological polar surface area (TPSA) is 107 Å². The molecule has 0 radical (unpaired) electrons. The van der Waals surface area contributed by atoms with Crippen molar-refractivity contribution in [3.63, 3.8) is 0 Å². The van der Waals surface area contributed by atoms with E-state index < -0.39 is 5.97 Å². The quantitative estimate of drug-likeness (QED) is 0.195. The summed E-state index contributed by atoms with van der Waals surface area (Å²) in [5.74, 6) is -1.11. The number of phenols is 1. The molecule has 1 aliphatic rings. The molecule has 1 aliphatic heterocycles. The van der Waals surface area contributed by atoms with Gasteiger partial charge in [-0.3, -0.25) is 19.3 Å². The van der Waals surface area contributed by atoms with E-state index in [9.17, 15) is 19.5 Å². The standard InChI is InChI=1S/C20H22Br2N2O5S2/c21-13-9-12(18(28)14(22)11-13)10-15-19(29)24(20(30)31-15)8-3-1-2-5-16(25)23-7-4-6-17(26)27/h9-11,28H,1-8H2,(H,23,25)(H,26,27)/b15-10-. The summed E-state index contributed by atoms with van der Waals surface area (Å²) in [6.07, 6.45) is 4.59. The smallest absolute Gasteiger partial charge is 0.303 e. The van der Waals surface area contributed by atoms with Crippen LogP contribution >= 0.6 is 55.8 Å². The van der Waals surface area contributed by atoms with Crippen molar-refractivity contribution in [3.05, 3.63) is 31.5 Å². The zero-order chi connectivity index (χ0) is 23.0. The Morgan fingerprint density at radius 1 is 1.16 bits per heavy atom. The second-order valence-electron chi connectivity index (χ2n) is 6.82. The Bertz CT molecular complexity index is 908. The summed E-state index contributed by atoms with van der Waals surface area (Å²) in [5, 5.41) is 21.5. The molecule has 31 heavy (non-hydrogen) atoms. The van der Waals surface area contributed by atoms with E-state index >= 15 is 0 Å². The number of nitrogens with one attached hydrogen (secondary N) is 1. The molecule has 11 heteroatoms. The summed E-state index contributed by atoms with van der Waals surface area (Å²) >= 11 is 13.2. The van der Waals surface area contributed by atoms with Gasteiger partial charge in [-0.1, -0.05) is 46.3 Å².